The number of rotatable bonds is 5. The van der Waals surface area contributed by atoms with Gasteiger partial charge in [0.05, 0.1) is 13.2 Å². The van der Waals surface area contributed by atoms with Crippen molar-refractivity contribution in [3.63, 3.8) is 0 Å². The second kappa shape index (κ2) is 4.62. The minimum absolute atomic E-state index is 0.117. The summed E-state index contributed by atoms with van der Waals surface area (Å²) in [5.41, 5.74) is 1.37. The van der Waals surface area contributed by atoms with Gasteiger partial charge >= 0.3 is 0 Å². The van der Waals surface area contributed by atoms with E-state index >= 15 is 0 Å². The zero-order valence-electron chi connectivity index (χ0n) is 6.17. The number of aliphatic hydroxyl groups excluding tert-OH is 2. The van der Waals surface area contributed by atoms with Crippen LogP contribution in [-0.2, 0) is 0 Å². The Kier molecular flexibility index (Phi) is 4.55. The first kappa shape index (κ1) is 9.84. The van der Waals surface area contributed by atoms with Gasteiger partial charge in [0.25, 0.3) is 0 Å². The van der Waals surface area contributed by atoms with Crippen LogP contribution < -0.4 is 5.48 Å². The van der Waals surface area contributed by atoms with Crippen LogP contribution >= 0.6 is 0 Å². The van der Waals surface area contributed by atoms with Gasteiger partial charge in [0.1, 0.15) is 0 Å². The number of hydrogen-bond acceptors (Lipinski definition) is 4. The van der Waals surface area contributed by atoms with Crippen molar-refractivity contribution < 1.29 is 15.4 Å². The molecule has 0 fully saturated rings. The summed E-state index contributed by atoms with van der Waals surface area (Å²) >= 11 is 0. The summed E-state index contributed by atoms with van der Waals surface area (Å²) in [5, 5.41) is 25.9. The summed E-state index contributed by atoms with van der Waals surface area (Å²) in [7, 11) is 0. The lowest BCUT2D eigenvalue weighted by atomic mass is 9.87. The van der Waals surface area contributed by atoms with Crippen molar-refractivity contribution in [3.05, 3.63) is 0 Å². The van der Waals surface area contributed by atoms with E-state index in [1.807, 2.05) is 12.4 Å². The Hall–Kier alpha value is -0.160. The van der Waals surface area contributed by atoms with Gasteiger partial charge in [0.15, 0.2) is 0 Å². The third-order valence-electron chi connectivity index (χ3n) is 1.87. The highest BCUT2D eigenvalue weighted by molar-refractivity contribution is 4.76. The molecule has 0 saturated heterocycles. The quantitative estimate of drug-likeness (QED) is 0.392. The van der Waals surface area contributed by atoms with E-state index in [-0.39, 0.29) is 19.8 Å². The third-order valence-corrected chi connectivity index (χ3v) is 1.87. The van der Waals surface area contributed by atoms with E-state index in [1.54, 1.807) is 0 Å². The van der Waals surface area contributed by atoms with Gasteiger partial charge in [-0.05, 0) is 6.42 Å². The molecule has 0 atom stereocenters. The maximum Gasteiger partial charge on any atom is 0.0522 e. The summed E-state index contributed by atoms with van der Waals surface area (Å²) in [6.07, 6.45) is 0.633. The molecule has 0 saturated carbocycles. The predicted molar refractivity (Wildman–Crippen MR) is 36.7 cm³/mol. The van der Waals surface area contributed by atoms with Crippen molar-refractivity contribution in [2.45, 2.75) is 13.3 Å². The number of aliphatic hydroxyl groups is 2. The number of hydrogen-bond donors (Lipinski definition) is 4. The summed E-state index contributed by atoms with van der Waals surface area (Å²) in [6.45, 7) is 1.83. The molecule has 0 aromatic carbocycles. The van der Waals surface area contributed by atoms with Crippen molar-refractivity contribution in [2.24, 2.45) is 5.41 Å². The summed E-state index contributed by atoms with van der Waals surface area (Å²) in [4.78, 5) is 0. The average molecular weight is 149 g/mol. The van der Waals surface area contributed by atoms with Crippen LogP contribution in [-0.4, -0.2) is 35.2 Å². The molecular formula is C6H15NO3. The zero-order chi connectivity index (χ0) is 8.04. The highest BCUT2D eigenvalue weighted by Gasteiger charge is 2.25. The van der Waals surface area contributed by atoms with Crippen LogP contribution in [0.15, 0.2) is 0 Å². The molecular weight excluding hydrogens is 134 g/mol. The normalized spacial score (nSPS) is 12.0. The molecule has 4 heteroatoms. The molecule has 0 aliphatic rings. The van der Waals surface area contributed by atoms with Gasteiger partial charge in [-0.15, -0.1) is 0 Å². The molecule has 4 N–H and O–H groups in total. The van der Waals surface area contributed by atoms with Crippen LogP contribution in [0, 0.1) is 5.41 Å². The topological polar surface area (TPSA) is 72.7 Å². The molecule has 62 valence electrons. The molecule has 4 nitrogen and oxygen atoms in total. The van der Waals surface area contributed by atoms with Gasteiger partial charge in [-0.25, -0.2) is 5.48 Å². The Balaban J connectivity index is 3.87. The molecule has 0 aromatic rings. The third kappa shape index (κ3) is 2.22. The van der Waals surface area contributed by atoms with Crippen LogP contribution in [0.1, 0.15) is 13.3 Å². The van der Waals surface area contributed by atoms with Crippen molar-refractivity contribution >= 4 is 0 Å². The Morgan fingerprint density at radius 1 is 1.30 bits per heavy atom. The van der Waals surface area contributed by atoms with Gasteiger partial charge in [-0.3, -0.25) is 0 Å². The Labute approximate surface area is 60.5 Å². The number of nitrogens with one attached hydrogen (secondary N) is 1. The molecule has 0 aliphatic heterocycles. The van der Waals surface area contributed by atoms with Crippen LogP contribution in [0.2, 0.25) is 0 Å². The summed E-state index contributed by atoms with van der Waals surface area (Å²) < 4.78 is 0. The minimum atomic E-state index is -0.575. The second-order valence-corrected chi connectivity index (χ2v) is 2.50. The molecule has 0 radical (unpaired) electrons. The molecule has 0 aromatic heterocycles. The van der Waals surface area contributed by atoms with Gasteiger partial charge < -0.3 is 15.4 Å². The predicted octanol–water partition coefficient (Wildman–Crippen LogP) is -0.654. The lowest BCUT2D eigenvalue weighted by Gasteiger charge is -2.26. The molecule has 0 spiro atoms. The highest BCUT2D eigenvalue weighted by atomic mass is 16.5. The SMILES string of the molecule is CCC(CO)(CO)CNO. The Morgan fingerprint density at radius 2 is 1.80 bits per heavy atom. The van der Waals surface area contributed by atoms with Crippen LogP contribution in [0.25, 0.3) is 0 Å². The summed E-state index contributed by atoms with van der Waals surface area (Å²) in [5.74, 6) is 0. The molecule has 0 amide bonds. The standard InChI is InChI=1S/C6H15NO3/c1-2-6(4-8,5-9)3-7-10/h7-10H,2-5H2,1H3. The monoisotopic (exact) mass is 149 g/mol. The molecule has 10 heavy (non-hydrogen) atoms. The van der Waals surface area contributed by atoms with E-state index < -0.39 is 5.41 Å². The number of hydroxylamine groups is 1. The Morgan fingerprint density at radius 3 is 1.90 bits per heavy atom. The smallest absolute Gasteiger partial charge is 0.0522 e. The fourth-order valence-corrected chi connectivity index (χ4v) is 0.678. The zero-order valence-corrected chi connectivity index (χ0v) is 6.17. The molecule has 0 bridgehead atoms. The van der Waals surface area contributed by atoms with Crippen LogP contribution in [0.5, 0.6) is 0 Å². The highest BCUT2D eigenvalue weighted by Crippen LogP contribution is 2.18. The largest absolute Gasteiger partial charge is 0.396 e. The Bertz CT molecular complexity index is 74.8. The van der Waals surface area contributed by atoms with Crippen molar-refractivity contribution in [2.75, 3.05) is 19.8 Å². The fraction of sp³-hybridized carbons (Fsp3) is 1.00. The van der Waals surface area contributed by atoms with E-state index in [9.17, 15) is 0 Å². The van der Waals surface area contributed by atoms with Gasteiger partial charge in [0, 0.05) is 12.0 Å². The van der Waals surface area contributed by atoms with E-state index in [0.29, 0.717) is 6.42 Å². The first-order chi connectivity index (χ1) is 4.74. The van der Waals surface area contributed by atoms with Crippen molar-refractivity contribution in [1.29, 1.82) is 0 Å². The molecule has 0 heterocycles. The lowest BCUT2D eigenvalue weighted by Crippen LogP contribution is -2.38. The minimum Gasteiger partial charge on any atom is -0.396 e. The van der Waals surface area contributed by atoms with E-state index in [0.717, 1.165) is 0 Å². The molecule has 0 aliphatic carbocycles. The maximum absolute atomic E-state index is 8.80. The maximum atomic E-state index is 8.80. The fourth-order valence-electron chi connectivity index (χ4n) is 0.678. The molecule has 0 rings (SSSR count). The first-order valence-electron chi connectivity index (χ1n) is 3.33. The second-order valence-electron chi connectivity index (χ2n) is 2.50. The average Bonchev–Trinajstić information content (AvgIpc) is 2.01. The molecule has 0 unspecified atom stereocenters. The van der Waals surface area contributed by atoms with Crippen LogP contribution in [0.4, 0.5) is 0 Å². The van der Waals surface area contributed by atoms with Crippen molar-refractivity contribution in [1.82, 2.24) is 5.48 Å². The van der Waals surface area contributed by atoms with Crippen molar-refractivity contribution in [3.8, 4) is 0 Å². The first-order valence-corrected chi connectivity index (χ1v) is 3.33. The van der Waals surface area contributed by atoms with Crippen LogP contribution in [0.3, 0.4) is 0 Å². The summed E-state index contributed by atoms with van der Waals surface area (Å²) in [6, 6.07) is 0. The van der Waals surface area contributed by atoms with E-state index in [4.69, 9.17) is 15.4 Å². The van der Waals surface area contributed by atoms with E-state index in [1.165, 1.54) is 0 Å². The van der Waals surface area contributed by atoms with E-state index in [2.05, 4.69) is 0 Å². The van der Waals surface area contributed by atoms with Gasteiger partial charge in [-0.1, -0.05) is 6.92 Å². The lowest BCUT2D eigenvalue weighted by molar-refractivity contribution is 0.0162. The van der Waals surface area contributed by atoms with Gasteiger partial charge in [0.2, 0.25) is 0 Å². The van der Waals surface area contributed by atoms with Gasteiger partial charge in [-0.2, -0.15) is 0 Å².